The number of amides is 1. The summed E-state index contributed by atoms with van der Waals surface area (Å²) in [5.74, 6) is -0.364. The van der Waals surface area contributed by atoms with Crippen LogP contribution >= 0.6 is 0 Å². The van der Waals surface area contributed by atoms with E-state index in [1.165, 1.54) is 31.7 Å². The van der Waals surface area contributed by atoms with Crippen LogP contribution in [0.5, 0.6) is 0 Å². The first kappa shape index (κ1) is 23.1. The van der Waals surface area contributed by atoms with Gasteiger partial charge in [0.05, 0.1) is 22.5 Å². The molecule has 2 fully saturated rings. The third-order valence-corrected chi connectivity index (χ3v) is 7.93. The second-order valence-electron chi connectivity index (χ2n) is 10.1. The number of aromatic nitrogens is 4. The molecule has 0 bridgehead atoms. The summed E-state index contributed by atoms with van der Waals surface area (Å²) in [6, 6.07) is 8.38. The molecule has 1 amide bonds. The SMILES string of the molecule is CC(c1nc2c(F)cc(F)cc2[nH]1)c1nc2ccc(C(=O)N3CCN(C4CCCC4)CC3)cc2n1C. The quantitative estimate of drug-likeness (QED) is 0.453. The molecular weight excluding hydrogens is 462 g/mol. The number of imidazole rings is 2. The van der Waals surface area contributed by atoms with Crippen molar-refractivity contribution in [1.82, 2.24) is 29.3 Å². The fourth-order valence-electron chi connectivity index (χ4n) is 5.86. The van der Waals surface area contributed by atoms with Gasteiger partial charge < -0.3 is 14.5 Å². The number of H-pyrrole nitrogens is 1. The number of hydrogen-bond acceptors (Lipinski definition) is 4. The molecule has 1 aliphatic carbocycles. The molecule has 1 N–H and O–H groups in total. The van der Waals surface area contributed by atoms with Crippen LogP contribution in [0.15, 0.2) is 30.3 Å². The molecule has 1 atom stereocenters. The summed E-state index contributed by atoms with van der Waals surface area (Å²) in [6.07, 6.45) is 5.21. The molecule has 1 saturated heterocycles. The Hall–Kier alpha value is -3.33. The first-order chi connectivity index (χ1) is 17.4. The third-order valence-electron chi connectivity index (χ3n) is 7.93. The van der Waals surface area contributed by atoms with Crippen molar-refractivity contribution in [1.29, 1.82) is 0 Å². The van der Waals surface area contributed by atoms with Gasteiger partial charge in [0.15, 0.2) is 5.82 Å². The number of carbonyl (C=O) groups excluding carboxylic acids is 1. The zero-order valence-corrected chi connectivity index (χ0v) is 20.6. The Morgan fingerprint density at radius 2 is 1.81 bits per heavy atom. The normalized spacial score (nSPS) is 18.5. The first-order valence-corrected chi connectivity index (χ1v) is 12.7. The van der Waals surface area contributed by atoms with E-state index in [2.05, 4.69) is 14.9 Å². The van der Waals surface area contributed by atoms with Crippen molar-refractivity contribution in [3.63, 3.8) is 0 Å². The lowest BCUT2D eigenvalue weighted by molar-refractivity contribution is 0.0573. The molecule has 1 unspecified atom stereocenters. The molecule has 1 saturated carbocycles. The van der Waals surface area contributed by atoms with Crippen molar-refractivity contribution in [2.45, 2.75) is 44.6 Å². The van der Waals surface area contributed by atoms with E-state index in [1.807, 2.05) is 41.6 Å². The van der Waals surface area contributed by atoms with Crippen LogP contribution in [0.1, 0.15) is 60.5 Å². The molecule has 2 aromatic heterocycles. The number of hydrogen-bond donors (Lipinski definition) is 1. The van der Waals surface area contributed by atoms with Crippen LogP contribution in [0.3, 0.4) is 0 Å². The lowest BCUT2D eigenvalue weighted by atomic mass is 10.1. The van der Waals surface area contributed by atoms with E-state index in [4.69, 9.17) is 4.98 Å². The molecule has 4 aromatic rings. The third kappa shape index (κ3) is 3.95. The van der Waals surface area contributed by atoms with Gasteiger partial charge in [0.2, 0.25) is 0 Å². The summed E-state index contributed by atoms with van der Waals surface area (Å²) in [6.45, 7) is 5.31. The van der Waals surface area contributed by atoms with E-state index in [9.17, 15) is 13.6 Å². The second-order valence-corrected chi connectivity index (χ2v) is 10.1. The zero-order chi connectivity index (χ0) is 25.0. The highest BCUT2D eigenvalue weighted by molar-refractivity contribution is 5.97. The van der Waals surface area contributed by atoms with E-state index in [1.54, 1.807) is 0 Å². The molecular formula is C27H30F2N6O. The second kappa shape index (κ2) is 8.96. The van der Waals surface area contributed by atoms with Crippen LogP contribution in [0.2, 0.25) is 0 Å². The molecule has 9 heteroatoms. The zero-order valence-electron chi connectivity index (χ0n) is 20.6. The molecule has 2 aromatic carbocycles. The van der Waals surface area contributed by atoms with Gasteiger partial charge in [-0.05, 0) is 44.0 Å². The number of nitrogens with zero attached hydrogens (tertiary/aromatic N) is 5. The summed E-state index contributed by atoms with van der Waals surface area (Å²) in [4.78, 5) is 30.0. The van der Waals surface area contributed by atoms with E-state index in [0.717, 1.165) is 49.1 Å². The van der Waals surface area contributed by atoms with E-state index in [0.29, 0.717) is 22.9 Å². The Balaban J connectivity index is 1.23. The van der Waals surface area contributed by atoms with Crippen LogP contribution in [-0.4, -0.2) is 67.4 Å². The van der Waals surface area contributed by atoms with Gasteiger partial charge in [0, 0.05) is 50.9 Å². The average Bonchev–Trinajstić information content (AvgIpc) is 3.63. The van der Waals surface area contributed by atoms with Crippen molar-refractivity contribution in [2.24, 2.45) is 7.05 Å². The number of nitrogens with one attached hydrogen (secondary N) is 1. The molecule has 3 heterocycles. The minimum atomic E-state index is -0.697. The van der Waals surface area contributed by atoms with Gasteiger partial charge in [-0.1, -0.05) is 12.8 Å². The lowest BCUT2D eigenvalue weighted by Gasteiger charge is -2.38. The molecule has 2 aliphatic rings. The number of carbonyl (C=O) groups is 1. The topological polar surface area (TPSA) is 70.1 Å². The van der Waals surface area contributed by atoms with Gasteiger partial charge in [-0.15, -0.1) is 0 Å². The summed E-state index contributed by atoms with van der Waals surface area (Å²) in [7, 11) is 1.90. The molecule has 0 radical (unpaired) electrons. The number of aromatic amines is 1. The van der Waals surface area contributed by atoms with Gasteiger partial charge in [0.1, 0.15) is 23.0 Å². The Morgan fingerprint density at radius 1 is 1.06 bits per heavy atom. The van der Waals surface area contributed by atoms with Crippen LogP contribution in [0.4, 0.5) is 8.78 Å². The fourth-order valence-corrected chi connectivity index (χ4v) is 5.86. The Kier molecular flexibility index (Phi) is 5.75. The highest BCUT2D eigenvalue weighted by Crippen LogP contribution is 2.29. The fraction of sp³-hybridized carbons (Fsp3) is 0.444. The van der Waals surface area contributed by atoms with Crippen molar-refractivity contribution >= 4 is 28.0 Å². The van der Waals surface area contributed by atoms with Crippen LogP contribution in [0, 0.1) is 11.6 Å². The van der Waals surface area contributed by atoms with Crippen molar-refractivity contribution in [2.75, 3.05) is 26.2 Å². The largest absolute Gasteiger partial charge is 0.341 e. The molecule has 6 rings (SSSR count). The van der Waals surface area contributed by atoms with Crippen LogP contribution in [0.25, 0.3) is 22.1 Å². The maximum absolute atomic E-state index is 14.2. The monoisotopic (exact) mass is 492 g/mol. The summed E-state index contributed by atoms with van der Waals surface area (Å²) < 4.78 is 29.7. The van der Waals surface area contributed by atoms with E-state index < -0.39 is 11.6 Å². The number of piperazine rings is 1. The maximum Gasteiger partial charge on any atom is 0.254 e. The molecule has 36 heavy (non-hydrogen) atoms. The number of rotatable bonds is 4. The number of halogens is 2. The highest BCUT2D eigenvalue weighted by Gasteiger charge is 2.29. The Morgan fingerprint density at radius 3 is 2.56 bits per heavy atom. The standard InChI is InChI=1S/C27H30F2N6O/c1-16(25-30-22-15-18(28)14-20(29)24(22)32-25)26-31-21-8-7-17(13-23(21)33(26)2)27(36)35-11-9-34(10-12-35)19-5-3-4-6-19/h7-8,13-16,19H,3-6,9-12H2,1-2H3,(H,30,32). The summed E-state index contributed by atoms with van der Waals surface area (Å²) in [5, 5.41) is 0. The summed E-state index contributed by atoms with van der Waals surface area (Å²) in [5.41, 5.74) is 2.70. The maximum atomic E-state index is 14.2. The van der Waals surface area contributed by atoms with Gasteiger partial charge in [-0.2, -0.15) is 0 Å². The predicted octanol–water partition coefficient (Wildman–Crippen LogP) is 4.58. The molecule has 7 nitrogen and oxygen atoms in total. The molecule has 0 spiro atoms. The Bertz CT molecular complexity index is 1450. The predicted molar refractivity (Wildman–Crippen MR) is 134 cm³/mol. The summed E-state index contributed by atoms with van der Waals surface area (Å²) >= 11 is 0. The van der Waals surface area contributed by atoms with Crippen LogP contribution < -0.4 is 0 Å². The van der Waals surface area contributed by atoms with Crippen molar-refractivity contribution in [3.05, 3.63) is 59.2 Å². The lowest BCUT2D eigenvalue weighted by Crippen LogP contribution is -2.51. The highest BCUT2D eigenvalue weighted by atomic mass is 19.1. The van der Waals surface area contributed by atoms with Gasteiger partial charge in [-0.3, -0.25) is 9.69 Å². The number of benzene rings is 2. The minimum Gasteiger partial charge on any atom is -0.341 e. The van der Waals surface area contributed by atoms with Gasteiger partial charge >= 0.3 is 0 Å². The molecule has 1 aliphatic heterocycles. The van der Waals surface area contributed by atoms with Gasteiger partial charge in [-0.25, -0.2) is 18.7 Å². The smallest absolute Gasteiger partial charge is 0.254 e. The van der Waals surface area contributed by atoms with Crippen molar-refractivity contribution in [3.8, 4) is 0 Å². The first-order valence-electron chi connectivity index (χ1n) is 12.7. The Labute approximate surface area is 208 Å². The van der Waals surface area contributed by atoms with Gasteiger partial charge in [0.25, 0.3) is 5.91 Å². The number of aryl methyl sites for hydroxylation is 1. The minimum absolute atomic E-state index is 0.0496. The average molecular weight is 493 g/mol. The van der Waals surface area contributed by atoms with E-state index >= 15 is 0 Å². The number of fused-ring (bicyclic) bond motifs is 2. The van der Waals surface area contributed by atoms with Crippen LogP contribution in [-0.2, 0) is 7.05 Å². The molecule has 188 valence electrons. The van der Waals surface area contributed by atoms with E-state index in [-0.39, 0.29) is 17.3 Å². The van der Waals surface area contributed by atoms with Crippen molar-refractivity contribution < 1.29 is 13.6 Å².